The zero-order valence-electron chi connectivity index (χ0n) is 32.3. The summed E-state index contributed by atoms with van der Waals surface area (Å²) in [7, 11) is -0.677. The van der Waals surface area contributed by atoms with Gasteiger partial charge in [0.2, 0.25) is 27.7 Å². The van der Waals surface area contributed by atoms with Crippen LogP contribution in [0.1, 0.15) is 82.1 Å². The number of carbonyl (C=O) groups is 4. The van der Waals surface area contributed by atoms with Gasteiger partial charge in [-0.2, -0.15) is 5.10 Å². The van der Waals surface area contributed by atoms with E-state index in [9.17, 15) is 27.6 Å². The number of carbonyl (C=O) groups excluding carboxylic acids is 4. The number of benzene rings is 1. The molecule has 16 nitrogen and oxygen atoms in total. The first-order valence-corrected chi connectivity index (χ1v) is 21.7. The van der Waals surface area contributed by atoms with Gasteiger partial charge in [-0.3, -0.25) is 28.6 Å². The first-order valence-electron chi connectivity index (χ1n) is 19.4. The third-order valence-corrected chi connectivity index (χ3v) is 13.4. The number of pyridine rings is 1. The lowest BCUT2D eigenvalue weighted by atomic mass is 10.0. The van der Waals surface area contributed by atoms with Crippen LogP contribution in [0.5, 0.6) is 17.4 Å². The summed E-state index contributed by atoms with van der Waals surface area (Å²) < 4.78 is 48.2. The number of hydrogen-bond donors (Lipinski definition) is 3. The van der Waals surface area contributed by atoms with Crippen LogP contribution in [0.3, 0.4) is 0 Å². The molecular weight excluding hydrogens is 822 g/mol. The molecule has 3 N–H and O–H groups in total. The fraction of sp³-hybridized carbons (Fsp3) is 0.538. The number of allylic oxidation sites excluding steroid dienone is 1. The van der Waals surface area contributed by atoms with Crippen molar-refractivity contribution < 1.29 is 41.8 Å². The molecule has 306 valence electrons. The quantitative estimate of drug-likeness (QED) is 0.251. The molecule has 0 unspecified atom stereocenters. The highest BCUT2D eigenvalue weighted by Gasteiger charge is 2.62. The third-order valence-electron chi connectivity index (χ3n) is 10.8. The molecule has 0 radical (unpaired) electrons. The molecule has 57 heavy (non-hydrogen) atoms. The van der Waals surface area contributed by atoms with Crippen LogP contribution < -0.4 is 29.6 Å². The highest BCUT2D eigenvalue weighted by molar-refractivity contribution is 9.10. The van der Waals surface area contributed by atoms with E-state index in [2.05, 4.69) is 36.4 Å². The summed E-state index contributed by atoms with van der Waals surface area (Å²) in [6, 6.07) is 4.65. The third kappa shape index (κ3) is 8.76. The van der Waals surface area contributed by atoms with Crippen LogP contribution in [0.15, 0.2) is 47.1 Å². The van der Waals surface area contributed by atoms with E-state index in [4.69, 9.17) is 19.2 Å². The van der Waals surface area contributed by atoms with Gasteiger partial charge in [-0.05, 0) is 86.5 Å². The number of ether oxygens (including phenoxy) is 3. The lowest BCUT2D eigenvalue weighted by Gasteiger charge is -2.29. The minimum absolute atomic E-state index is 0.0264. The zero-order chi connectivity index (χ0) is 40.6. The van der Waals surface area contributed by atoms with Crippen molar-refractivity contribution in [1.82, 2.24) is 35.0 Å². The second-order valence-corrected chi connectivity index (χ2v) is 18.3. The Morgan fingerprint density at radius 2 is 1.88 bits per heavy atom. The minimum atomic E-state index is -3.91. The standard InChI is InChI=1S/C39H48BrN7O9S/c1-22(2)55-32-19-31(26-14-15-30(54-4)33(40)34(26)42-32)56-24-18-29-36(49)43-39(38(51)45-57(52,53)25-12-13-25)20-23(39)10-8-6-5-7-9-11-28(37(50)47(29)21-24)41-35(48)27-16-17-46(3)44-27/h8,10,14-17,19,22-25,28-29H,5-7,9,11-13,18,20-21H2,1-4H3,(H,41,48)(H,43,49)(H,45,51)/b10-8-/t23-,24-,28+,29+,39-/m1/s1. The Morgan fingerprint density at radius 3 is 2.58 bits per heavy atom. The highest BCUT2D eigenvalue weighted by Crippen LogP contribution is 2.46. The van der Waals surface area contributed by atoms with Gasteiger partial charge in [0.15, 0.2) is 0 Å². The van der Waals surface area contributed by atoms with E-state index in [0.29, 0.717) is 64.9 Å². The van der Waals surface area contributed by atoms with Gasteiger partial charge in [0.25, 0.3) is 11.8 Å². The van der Waals surface area contributed by atoms with Crippen molar-refractivity contribution in [2.24, 2.45) is 13.0 Å². The normalized spacial score (nSPS) is 26.0. The highest BCUT2D eigenvalue weighted by atomic mass is 79.9. The minimum Gasteiger partial charge on any atom is -0.495 e. The first kappa shape index (κ1) is 40.5. The van der Waals surface area contributed by atoms with Gasteiger partial charge in [-0.25, -0.2) is 13.4 Å². The van der Waals surface area contributed by atoms with Crippen LogP contribution >= 0.6 is 15.9 Å². The molecule has 1 saturated heterocycles. The molecule has 2 aromatic heterocycles. The molecule has 4 amide bonds. The van der Waals surface area contributed by atoms with E-state index < -0.39 is 68.5 Å². The van der Waals surface area contributed by atoms with E-state index in [0.717, 1.165) is 12.8 Å². The van der Waals surface area contributed by atoms with Gasteiger partial charge >= 0.3 is 0 Å². The molecule has 3 aromatic rings. The number of aryl methyl sites for hydroxylation is 1. The Hall–Kier alpha value is -4.71. The smallest absolute Gasteiger partial charge is 0.272 e. The van der Waals surface area contributed by atoms with Crippen molar-refractivity contribution in [3.63, 3.8) is 0 Å². The molecule has 7 rings (SSSR count). The van der Waals surface area contributed by atoms with E-state index in [1.165, 1.54) is 9.58 Å². The molecular formula is C39H48BrN7O9S. The van der Waals surface area contributed by atoms with Crippen molar-refractivity contribution in [2.75, 3.05) is 13.7 Å². The Kier molecular flexibility index (Phi) is 11.6. The monoisotopic (exact) mass is 869 g/mol. The van der Waals surface area contributed by atoms with E-state index in [1.807, 2.05) is 26.0 Å². The lowest BCUT2D eigenvalue weighted by Crippen LogP contribution is -2.58. The SMILES string of the molecule is COc1ccc2c(O[C@@H]3C[C@H]4C(=O)N[C@]5(C(=O)NS(=O)(=O)C6CC6)C[C@H]5/C=C\CCCCC[C@H](NC(=O)c5ccn(C)n5)C(=O)N4C3)cc(OC(C)C)nc2c1Br. The maximum Gasteiger partial charge on any atom is 0.272 e. The average molecular weight is 871 g/mol. The Bertz CT molecular complexity index is 2210. The molecule has 0 spiro atoms. The van der Waals surface area contributed by atoms with E-state index in [1.54, 1.807) is 44.6 Å². The number of amides is 4. The van der Waals surface area contributed by atoms with Gasteiger partial charge < -0.3 is 29.7 Å². The lowest BCUT2D eigenvalue weighted by molar-refractivity contribution is -0.141. The second-order valence-electron chi connectivity index (χ2n) is 15.5. The molecule has 1 aromatic carbocycles. The van der Waals surface area contributed by atoms with Crippen molar-refractivity contribution in [3.05, 3.63) is 52.8 Å². The molecule has 5 atom stereocenters. The predicted molar refractivity (Wildman–Crippen MR) is 212 cm³/mol. The summed E-state index contributed by atoms with van der Waals surface area (Å²) in [6.07, 6.45) is 8.81. The number of aromatic nitrogens is 3. The molecule has 2 saturated carbocycles. The van der Waals surface area contributed by atoms with Gasteiger partial charge in [-0.1, -0.05) is 25.0 Å². The molecule has 2 aliphatic carbocycles. The Morgan fingerprint density at radius 1 is 1.09 bits per heavy atom. The topological polar surface area (TPSA) is 200 Å². The summed E-state index contributed by atoms with van der Waals surface area (Å²) in [4.78, 5) is 62.5. The van der Waals surface area contributed by atoms with Crippen LogP contribution in [0, 0.1) is 5.92 Å². The van der Waals surface area contributed by atoms with Gasteiger partial charge in [0.05, 0.1) is 35.0 Å². The van der Waals surface area contributed by atoms with Crippen LogP contribution in [0.4, 0.5) is 0 Å². The summed E-state index contributed by atoms with van der Waals surface area (Å²) >= 11 is 3.60. The summed E-state index contributed by atoms with van der Waals surface area (Å²) in [5.41, 5.74) is -0.863. The van der Waals surface area contributed by atoms with Crippen LogP contribution in [0.2, 0.25) is 0 Å². The molecule has 3 fully saturated rings. The number of nitrogens with one attached hydrogen (secondary N) is 3. The predicted octanol–water partition coefficient (Wildman–Crippen LogP) is 3.68. The first-order chi connectivity index (χ1) is 27.2. The summed E-state index contributed by atoms with van der Waals surface area (Å²) in [6.45, 7) is 3.71. The number of rotatable bonds is 10. The van der Waals surface area contributed by atoms with E-state index >= 15 is 0 Å². The van der Waals surface area contributed by atoms with Gasteiger partial charge in [0.1, 0.15) is 40.9 Å². The number of nitrogens with zero attached hydrogens (tertiary/aromatic N) is 4. The second kappa shape index (κ2) is 16.3. The van der Waals surface area contributed by atoms with Crippen molar-refractivity contribution in [2.45, 2.75) is 107 Å². The van der Waals surface area contributed by atoms with Crippen LogP contribution in [0.25, 0.3) is 10.9 Å². The molecule has 4 heterocycles. The number of hydrogen-bond acceptors (Lipinski definition) is 11. The summed E-state index contributed by atoms with van der Waals surface area (Å²) in [5, 5.41) is 9.95. The van der Waals surface area contributed by atoms with Gasteiger partial charge in [-0.15, -0.1) is 0 Å². The van der Waals surface area contributed by atoms with Crippen LogP contribution in [-0.4, -0.2) is 100 Å². The summed E-state index contributed by atoms with van der Waals surface area (Å²) in [5.74, 6) is -1.66. The molecule has 4 aliphatic rings. The van der Waals surface area contributed by atoms with Crippen LogP contribution in [-0.2, 0) is 31.5 Å². The Labute approximate surface area is 339 Å². The van der Waals surface area contributed by atoms with Crippen molar-refractivity contribution >= 4 is 60.5 Å². The molecule has 18 heteroatoms. The number of fused-ring (bicyclic) bond motifs is 3. The van der Waals surface area contributed by atoms with Crippen molar-refractivity contribution in [3.8, 4) is 17.4 Å². The zero-order valence-corrected chi connectivity index (χ0v) is 34.7. The average Bonchev–Trinajstić information content (AvgIpc) is 4.05. The van der Waals surface area contributed by atoms with Crippen molar-refractivity contribution in [1.29, 1.82) is 0 Å². The van der Waals surface area contributed by atoms with E-state index in [-0.39, 0.29) is 31.2 Å². The van der Waals surface area contributed by atoms with Gasteiger partial charge in [0, 0.05) is 37.0 Å². The largest absolute Gasteiger partial charge is 0.495 e. The maximum atomic E-state index is 14.7. The number of methoxy groups -OCH3 is 1. The number of halogens is 1. The fourth-order valence-electron chi connectivity index (χ4n) is 7.54. The molecule has 2 aliphatic heterocycles. The molecule has 0 bridgehead atoms. The Balaban J connectivity index is 1.23. The fourth-order valence-corrected chi connectivity index (χ4v) is 9.50. The number of sulfonamides is 1. The maximum absolute atomic E-state index is 14.7.